The Labute approximate surface area is 223 Å². The van der Waals surface area contributed by atoms with E-state index in [4.69, 9.17) is 0 Å². The fraction of sp³-hybridized carbons (Fsp3) is 0.406. The number of carbonyl (C=O) groups excluding carboxylic acids is 1. The van der Waals surface area contributed by atoms with Crippen molar-refractivity contribution in [2.24, 2.45) is 5.92 Å². The molecule has 1 aliphatic heterocycles. The Morgan fingerprint density at radius 3 is 2.34 bits per heavy atom. The molecule has 6 heteroatoms. The van der Waals surface area contributed by atoms with Crippen molar-refractivity contribution in [2.75, 3.05) is 19.6 Å². The number of hydrogen-bond donors (Lipinski definition) is 0. The van der Waals surface area contributed by atoms with Crippen LogP contribution in [0.25, 0.3) is 0 Å². The van der Waals surface area contributed by atoms with Gasteiger partial charge in [-0.1, -0.05) is 49.6 Å². The van der Waals surface area contributed by atoms with Crippen molar-refractivity contribution in [3.8, 4) is 0 Å². The van der Waals surface area contributed by atoms with E-state index in [1.165, 1.54) is 41.8 Å². The van der Waals surface area contributed by atoms with E-state index < -0.39 is 11.6 Å². The van der Waals surface area contributed by atoms with Crippen LogP contribution in [0, 0.1) is 30.3 Å². The van der Waals surface area contributed by atoms with E-state index in [2.05, 4.69) is 30.0 Å². The molecule has 3 aromatic rings. The molecule has 1 aliphatic carbocycles. The number of carbonyl (C=O) groups is 1. The minimum Gasteiger partial charge on any atom is -0.335 e. The Bertz CT molecular complexity index is 1260. The van der Waals surface area contributed by atoms with Crippen LogP contribution in [0.5, 0.6) is 0 Å². The third-order valence-corrected chi connectivity index (χ3v) is 8.29. The van der Waals surface area contributed by atoms with Gasteiger partial charge >= 0.3 is 0 Å². The van der Waals surface area contributed by atoms with Crippen molar-refractivity contribution in [2.45, 2.75) is 57.5 Å². The summed E-state index contributed by atoms with van der Waals surface area (Å²) in [4.78, 5) is 18.1. The molecule has 2 unspecified atom stereocenters. The van der Waals surface area contributed by atoms with Crippen LogP contribution < -0.4 is 0 Å². The second-order valence-corrected chi connectivity index (χ2v) is 10.9. The predicted molar refractivity (Wildman–Crippen MR) is 143 cm³/mol. The quantitative estimate of drug-likeness (QED) is 0.332. The maximum absolute atomic E-state index is 13.9. The molecule has 1 saturated heterocycles. The first-order chi connectivity index (χ1) is 18.4. The topological polar surface area (TPSA) is 23.6 Å². The normalized spacial score (nSPS) is 20.5. The number of halogens is 3. The Hall–Kier alpha value is -3.12. The van der Waals surface area contributed by atoms with Crippen molar-refractivity contribution >= 4 is 5.91 Å². The van der Waals surface area contributed by atoms with Gasteiger partial charge in [0.15, 0.2) is 11.6 Å². The maximum Gasteiger partial charge on any atom is 0.254 e. The second kappa shape index (κ2) is 11.7. The summed E-state index contributed by atoms with van der Waals surface area (Å²) < 4.78 is 41.0. The number of hydrogen-bond acceptors (Lipinski definition) is 2. The van der Waals surface area contributed by atoms with Crippen molar-refractivity contribution in [1.82, 2.24) is 9.80 Å². The first kappa shape index (κ1) is 26.5. The highest BCUT2D eigenvalue weighted by Gasteiger charge is 2.38. The van der Waals surface area contributed by atoms with Gasteiger partial charge < -0.3 is 4.90 Å². The minimum atomic E-state index is -0.840. The van der Waals surface area contributed by atoms with Crippen LogP contribution in [0.3, 0.4) is 0 Å². The number of amides is 1. The van der Waals surface area contributed by atoms with Gasteiger partial charge in [-0.2, -0.15) is 0 Å². The smallest absolute Gasteiger partial charge is 0.254 e. The van der Waals surface area contributed by atoms with Crippen molar-refractivity contribution < 1.29 is 18.0 Å². The number of rotatable bonds is 7. The summed E-state index contributed by atoms with van der Waals surface area (Å²) in [5.74, 6) is -1.69. The van der Waals surface area contributed by atoms with Gasteiger partial charge in [0, 0.05) is 43.7 Å². The highest BCUT2D eigenvalue weighted by Crippen LogP contribution is 2.37. The van der Waals surface area contributed by atoms with Crippen molar-refractivity contribution in [1.29, 1.82) is 0 Å². The zero-order valence-corrected chi connectivity index (χ0v) is 21.9. The summed E-state index contributed by atoms with van der Waals surface area (Å²) in [6, 6.07) is 18.5. The maximum atomic E-state index is 13.9. The molecule has 1 amide bonds. The Morgan fingerprint density at radius 1 is 0.895 bits per heavy atom. The Balaban J connectivity index is 1.43. The van der Waals surface area contributed by atoms with Crippen molar-refractivity contribution in [3.05, 3.63) is 106 Å². The van der Waals surface area contributed by atoms with E-state index >= 15 is 0 Å². The molecule has 1 heterocycles. The van der Waals surface area contributed by atoms with Gasteiger partial charge in [0.2, 0.25) is 0 Å². The average molecular weight is 521 g/mol. The average Bonchev–Trinajstić information content (AvgIpc) is 3.32. The van der Waals surface area contributed by atoms with Gasteiger partial charge in [-0.15, -0.1) is 0 Å². The minimum absolute atomic E-state index is 0.0421. The lowest BCUT2D eigenvalue weighted by Crippen LogP contribution is -2.45. The fourth-order valence-corrected chi connectivity index (χ4v) is 6.33. The highest BCUT2D eigenvalue weighted by atomic mass is 19.2. The second-order valence-electron chi connectivity index (χ2n) is 10.9. The Kier molecular flexibility index (Phi) is 8.18. The van der Waals surface area contributed by atoms with E-state index in [0.717, 1.165) is 44.3 Å². The molecule has 3 nitrogen and oxygen atoms in total. The van der Waals surface area contributed by atoms with E-state index in [9.17, 15) is 18.0 Å². The molecular weight excluding hydrogens is 485 g/mol. The third-order valence-electron chi connectivity index (χ3n) is 8.29. The van der Waals surface area contributed by atoms with Crippen LogP contribution in [0.1, 0.15) is 65.1 Å². The van der Waals surface area contributed by atoms with Crippen LogP contribution in [0.2, 0.25) is 0 Å². The molecule has 0 spiro atoms. The molecule has 0 radical (unpaired) electrons. The van der Waals surface area contributed by atoms with Crippen LogP contribution >= 0.6 is 0 Å². The third kappa shape index (κ3) is 5.96. The molecule has 1 saturated carbocycles. The van der Waals surface area contributed by atoms with Gasteiger partial charge in [-0.3, -0.25) is 9.69 Å². The molecule has 2 fully saturated rings. The van der Waals surface area contributed by atoms with Gasteiger partial charge in [0.1, 0.15) is 5.82 Å². The zero-order chi connectivity index (χ0) is 26.6. The summed E-state index contributed by atoms with van der Waals surface area (Å²) in [6.07, 6.45) is 5.35. The summed E-state index contributed by atoms with van der Waals surface area (Å²) in [7, 11) is 0. The number of aryl methyl sites for hydroxylation is 1. The van der Waals surface area contributed by atoms with E-state index in [1.54, 1.807) is 18.2 Å². The van der Waals surface area contributed by atoms with E-state index in [1.807, 2.05) is 11.0 Å². The molecule has 0 N–H and O–H groups in total. The lowest BCUT2D eigenvalue weighted by Gasteiger charge is -2.37. The van der Waals surface area contributed by atoms with Crippen LogP contribution in [0.15, 0.2) is 66.7 Å². The SMILES string of the molecule is Cc1ccccc1C1CN(Cc2ccc(F)c(F)c2)CC1CN(C(=O)c1ccc(F)cc1)C1CCCCC1. The standard InChI is InChI=1S/C32H35F3N2O/c1-22-7-5-6-10-28(22)29-21-36(18-23-11-16-30(34)31(35)17-23)19-25(29)20-37(27-8-3-2-4-9-27)32(38)24-12-14-26(33)15-13-24/h5-7,10-17,25,27,29H,2-4,8-9,18-21H2,1H3. The molecule has 0 aromatic heterocycles. The molecule has 38 heavy (non-hydrogen) atoms. The fourth-order valence-electron chi connectivity index (χ4n) is 6.33. The molecule has 3 aromatic carbocycles. The van der Waals surface area contributed by atoms with Gasteiger partial charge in [0.05, 0.1) is 0 Å². The summed E-state index contributed by atoms with van der Waals surface area (Å²) in [6.45, 7) is 4.77. The number of nitrogens with zero attached hydrogens (tertiary/aromatic N) is 2. The molecule has 200 valence electrons. The number of benzene rings is 3. The molecule has 5 rings (SSSR count). The van der Waals surface area contributed by atoms with Crippen molar-refractivity contribution in [3.63, 3.8) is 0 Å². The van der Waals surface area contributed by atoms with Gasteiger partial charge in [0.25, 0.3) is 5.91 Å². The predicted octanol–water partition coefficient (Wildman–Crippen LogP) is 7.10. The molecule has 0 bridgehead atoms. The lowest BCUT2D eigenvalue weighted by atomic mass is 9.85. The largest absolute Gasteiger partial charge is 0.335 e. The summed E-state index contributed by atoms with van der Waals surface area (Å²) >= 11 is 0. The van der Waals surface area contributed by atoms with Crippen LogP contribution in [-0.4, -0.2) is 41.4 Å². The zero-order valence-electron chi connectivity index (χ0n) is 21.9. The summed E-state index contributed by atoms with van der Waals surface area (Å²) in [5.41, 5.74) is 3.73. The van der Waals surface area contributed by atoms with Gasteiger partial charge in [-0.25, -0.2) is 13.2 Å². The number of likely N-dealkylation sites (tertiary alicyclic amines) is 1. The summed E-state index contributed by atoms with van der Waals surface area (Å²) in [5, 5.41) is 0. The molecule has 2 atom stereocenters. The first-order valence-corrected chi connectivity index (χ1v) is 13.7. The highest BCUT2D eigenvalue weighted by molar-refractivity contribution is 5.94. The van der Waals surface area contributed by atoms with Crippen LogP contribution in [0.4, 0.5) is 13.2 Å². The van der Waals surface area contributed by atoms with E-state index in [0.29, 0.717) is 18.7 Å². The Morgan fingerprint density at radius 2 is 1.63 bits per heavy atom. The monoisotopic (exact) mass is 520 g/mol. The van der Waals surface area contributed by atoms with Crippen LogP contribution in [-0.2, 0) is 6.54 Å². The lowest BCUT2D eigenvalue weighted by molar-refractivity contribution is 0.0588. The molecular formula is C32H35F3N2O. The first-order valence-electron chi connectivity index (χ1n) is 13.7. The van der Waals surface area contributed by atoms with Gasteiger partial charge in [-0.05, 0) is 78.8 Å². The molecule has 2 aliphatic rings. The van der Waals surface area contributed by atoms with E-state index in [-0.39, 0.29) is 29.6 Å².